The second kappa shape index (κ2) is 6.47. The molecule has 0 aromatic heterocycles. The van der Waals surface area contributed by atoms with Crippen LogP contribution in [-0.4, -0.2) is 30.4 Å². The van der Waals surface area contributed by atoms with Gasteiger partial charge < -0.3 is 14.6 Å². The summed E-state index contributed by atoms with van der Waals surface area (Å²) in [6.45, 7) is 4.71. The molecule has 0 aliphatic heterocycles. The second-order valence-electron chi connectivity index (χ2n) is 3.53. The Morgan fingerprint density at radius 2 is 2.24 bits per heavy atom. The highest BCUT2D eigenvalue weighted by atomic mass is 35.5. The number of hydrogen-bond donors (Lipinski definition) is 1. The number of hydrogen-bond acceptors (Lipinski definition) is 3. The van der Waals surface area contributed by atoms with Crippen LogP contribution >= 0.6 is 11.6 Å². The molecule has 1 N–H and O–H groups in total. The van der Waals surface area contributed by atoms with Crippen LogP contribution in [0.3, 0.4) is 0 Å². The van der Waals surface area contributed by atoms with Crippen molar-refractivity contribution < 1.29 is 19.4 Å². The molecule has 1 atom stereocenters. The summed E-state index contributed by atoms with van der Waals surface area (Å²) in [6.07, 6.45) is -0.214. The lowest BCUT2D eigenvalue weighted by Gasteiger charge is -2.16. The minimum absolute atomic E-state index is 0.0563. The van der Waals surface area contributed by atoms with E-state index in [4.69, 9.17) is 26.2 Å². The van der Waals surface area contributed by atoms with Crippen LogP contribution in [0.15, 0.2) is 18.2 Å². The maximum atomic E-state index is 11.0. The zero-order chi connectivity index (χ0) is 12.8. The highest BCUT2D eigenvalue weighted by molar-refractivity contribution is 6.31. The lowest BCUT2D eigenvalue weighted by molar-refractivity contribution is 0.0607. The van der Waals surface area contributed by atoms with E-state index in [1.54, 1.807) is 12.1 Å². The Morgan fingerprint density at radius 3 is 2.82 bits per heavy atom. The van der Waals surface area contributed by atoms with Gasteiger partial charge in [0.05, 0.1) is 6.61 Å². The molecule has 0 heterocycles. The van der Waals surface area contributed by atoms with Crippen LogP contribution < -0.4 is 4.74 Å². The quantitative estimate of drug-likeness (QED) is 0.852. The zero-order valence-corrected chi connectivity index (χ0v) is 10.5. The summed E-state index contributed by atoms with van der Waals surface area (Å²) in [7, 11) is 0. The predicted molar refractivity (Wildman–Crippen MR) is 65.0 cm³/mol. The largest absolute Gasteiger partial charge is 0.487 e. The lowest BCUT2D eigenvalue weighted by atomic mass is 10.2. The number of carbonyl (C=O) groups is 1. The molecule has 0 spiro atoms. The SMILES string of the molecule is CCOCC(C)Oc1ccc(Cl)cc1C(=O)O. The number of benzene rings is 1. The van der Waals surface area contributed by atoms with Crippen molar-refractivity contribution in [1.82, 2.24) is 0 Å². The van der Waals surface area contributed by atoms with Gasteiger partial charge in [0.25, 0.3) is 0 Å². The Hall–Kier alpha value is -1.26. The maximum Gasteiger partial charge on any atom is 0.339 e. The molecule has 1 rings (SSSR count). The third-order valence-electron chi connectivity index (χ3n) is 2.06. The highest BCUT2D eigenvalue weighted by Crippen LogP contribution is 2.23. The fraction of sp³-hybridized carbons (Fsp3) is 0.417. The maximum absolute atomic E-state index is 11.0. The molecule has 0 fully saturated rings. The van der Waals surface area contributed by atoms with Crippen LogP contribution in [0, 0.1) is 0 Å². The van der Waals surface area contributed by atoms with Gasteiger partial charge in [-0.2, -0.15) is 0 Å². The molecule has 0 aliphatic rings. The van der Waals surface area contributed by atoms with Crippen LogP contribution in [0.1, 0.15) is 24.2 Å². The minimum atomic E-state index is -1.06. The fourth-order valence-electron chi connectivity index (χ4n) is 1.31. The molecule has 1 aromatic rings. The van der Waals surface area contributed by atoms with Crippen molar-refractivity contribution in [2.45, 2.75) is 20.0 Å². The monoisotopic (exact) mass is 258 g/mol. The van der Waals surface area contributed by atoms with E-state index in [-0.39, 0.29) is 11.7 Å². The van der Waals surface area contributed by atoms with Gasteiger partial charge in [0.1, 0.15) is 17.4 Å². The van der Waals surface area contributed by atoms with E-state index in [1.165, 1.54) is 6.07 Å². The van der Waals surface area contributed by atoms with Crippen LogP contribution in [0.25, 0.3) is 0 Å². The Morgan fingerprint density at radius 1 is 1.53 bits per heavy atom. The van der Waals surface area contributed by atoms with Crippen LogP contribution in [0.5, 0.6) is 5.75 Å². The van der Waals surface area contributed by atoms with Crippen molar-refractivity contribution in [3.63, 3.8) is 0 Å². The number of carboxylic acid groups (broad SMARTS) is 1. The Labute approximate surface area is 105 Å². The normalized spacial score (nSPS) is 12.2. The van der Waals surface area contributed by atoms with E-state index in [0.717, 1.165) is 0 Å². The molecule has 94 valence electrons. The first-order valence-electron chi connectivity index (χ1n) is 5.31. The first kappa shape index (κ1) is 13.8. The highest BCUT2D eigenvalue weighted by Gasteiger charge is 2.14. The van der Waals surface area contributed by atoms with Crippen molar-refractivity contribution >= 4 is 17.6 Å². The van der Waals surface area contributed by atoms with Crippen molar-refractivity contribution in [2.24, 2.45) is 0 Å². The Bertz CT molecular complexity index is 392. The average Bonchev–Trinajstić information content (AvgIpc) is 2.28. The van der Waals surface area contributed by atoms with E-state index < -0.39 is 5.97 Å². The summed E-state index contributed by atoms with van der Waals surface area (Å²) >= 11 is 5.74. The number of carboxylic acids is 1. The van der Waals surface area contributed by atoms with E-state index >= 15 is 0 Å². The molecule has 4 nitrogen and oxygen atoms in total. The molecular weight excluding hydrogens is 244 g/mol. The van der Waals surface area contributed by atoms with Crippen LogP contribution in [0.2, 0.25) is 5.02 Å². The van der Waals surface area contributed by atoms with E-state index in [0.29, 0.717) is 24.0 Å². The van der Waals surface area contributed by atoms with Gasteiger partial charge in [-0.15, -0.1) is 0 Å². The second-order valence-corrected chi connectivity index (χ2v) is 3.97. The molecule has 1 aromatic carbocycles. The first-order chi connectivity index (χ1) is 8.04. The van der Waals surface area contributed by atoms with Gasteiger partial charge >= 0.3 is 5.97 Å². The average molecular weight is 259 g/mol. The number of ether oxygens (including phenoxy) is 2. The zero-order valence-electron chi connectivity index (χ0n) is 9.77. The first-order valence-corrected chi connectivity index (χ1v) is 5.69. The van der Waals surface area contributed by atoms with Gasteiger partial charge in [-0.1, -0.05) is 11.6 Å². The lowest BCUT2D eigenvalue weighted by Crippen LogP contribution is -2.20. The number of aromatic carboxylic acids is 1. The van der Waals surface area contributed by atoms with E-state index in [9.17, 15) is 4.79 Å². The van der Waals surface area contributed by atoms with Gasteiger partial charge in [0.2, 0.25) is 0 Å². The molecule has 0 saturated heterocycles. The third-order valence-corrected chi connectivity index (χ3v) is 2.29. The molecular formula is C12H15ClO4. The smallest absolute Gasteiger partial charge is 0.339 e. The van der Waals surface area contributed by atoms with Gasteiger partial charge in [0.15, 0.2) is 0 Å². The molecule has 0 aliphatic carbocycles. The van der Waals surface area contributed by atoms with Gasteiger partial charge in [-0.3, -0.25) is 0 Å². The summed E-state index contributed by atoms with van der Waals surface area (Å²) in [5.41, 5.74) is 0.0563. The van der Waals surface area contributed by atoms with Crippen molar-refractivity contribution in [2.75, 3.05) is 13.2 Å². The minimum Gasteiger partial charge on any atom is -0.487 e. The molecule has 0 amide bonds. The molecule has 17 heavy (non-hydrogen) atoms. The molecule has 1 unspecified atom stereocenters. The fourth-order valence-corrected chi connectivity index (χ4v) is 1.48. The summed E-state index contributed by atoms with van der Waals surface area (Å²) in [6, 6.07) is 4.51. The van der Waals surface area contributed by atoms with E-state index in [1.807, 2.05) is 13.8 Å². The van der Waals surface area contributed by atoms with Crippen molar-refractivity contribution in [3.8, 4) is 5.75 Å². The molecule has 0 bridgehead atoms. The summed E-state index contributed by atoms with van der Waals surface area (Å²) < 4.78 is 10.7. The van der Waals surface area contributed by atoms with Gasteiger partial charge in [-0.25, -0.2) is 4.79 Å². The molecule has 0 radical (unpaired) electrons. The molecule has 5 heteroatoms. The topological polar surface area (TPSA) is 55.8 Å². The Balaban J connectivity index is 2.79. The summed E-state index contributed by atoms with van der Waals surface area (Å²) in [4.78, 5) is 11.0. The number of rotatable bonds is 6. The summed E-state index contributed by atoms with van der Waals surface area (Å²) in [5.74, 6) is -0.764. The Kier molecular flexibility index (Phi) is 5.25. The van der Waals surface area contributed by atoms with Gasteiger partial charge in [-0.05, 0) is 32.0 Å². The predicted octanol–water partition coefficient (Wildman–Crippen LogP) is 2.84. The third kappa shape index (κ3) is 4.24. The van der Waals surface area contributed by atoms with E-state index in [2.05, 4.69) is 0 Å². The summed E-state index contributed by atoms with van der Waals surface area (Å²) in [5, 5.41) is 9.38. The van der Waals surface area contributed by atoms with Crippen molar-refractivity contribution in [1.29, 1.82) is 0 Å². The van der Waals surface area contributed by atoms with Crippen molar-refractivity contribution in [3.05, 3.63) is 28.8 Å². The van der Waals surface area contributed by atoms with Crippen LogP contribution in [0.4, 0.5) is 0 Å². The molecule has 0 saturated carbocycles. The van der Waals surface area contributed by atoms with Gasteiger partial charge in [0, 0.05) is 11.6 Å². The number of halogens is 1. The van der Waals surface area contributed by atoms with Crippen LogP contribution in [-0.2, 0) is 4.74 Å². The standard InChI is InChI=1S/C12H15ClO4/c1-3-16-7-8(2)17-11-5-4-9(13)6-10(11)12(14)15/h4-6,8H,3,7H2,1-2H3,(H,14,15).